The van der Waals surface area contributed by atoms with E-state index in [1.807, 2.05) is 47.4 Å². The van der Waals surface area contributed by atoms with Crippen molar-refractivity contribution in [2.75, 3.05) is 29.9 Å². The van der Waals surface area contributed by atoms with E-state index in [0.717, 1.165) is 22.4 Å². The topological polar surface area (TPSA) is 61.4 Å². The monoisotopic (exact) mass is 373 g/mol. The van der Waals surface area contributed by atoms with E-state index in [0.29, 0.717) is 18.7 Å². The van der Waals surface area contributed by atoms with Crippen LogP contribution in [0.4, 0.5) is 11.4 Å². The first-order valence-corrected chi connectivity index (χ1v) is 8.10. The van der Waals surface area contributed by atoms with Gasteiger partial charge in [-0.15, -0.1) is 0 Å². The Morgan fingerprint density at radius 1 is 1.13 bits per heavy atom. The number of hydrogen-bond donors (Lipinski definition) is 2. The third-order valence-corrected chi connectivity index (χ3v) is 4.34. The molecule has 0 radical (unpaired) electrons. The smallest absolute Gasteiger partial charge is 0.256 e. The van der Waals surface area contributed by atoms with Crippen molar-refractivity contribution in [3.63, 3.8) is 0 Å². The summed E-state index contributed by atoms with van der Waals surface area (Å²) in [5.41, 5.74) is 2.28. The van der Waals surface area contributed by atoms with E-state index in [1.165, 1.54) is 0 Å². The van der Waals surface area contributed by atoms with Gasteiger partial charge in [0.15, 0.2) is 0 Å². The Morgan fingerprint density at radius 3 is 2.57 bits per heavy atom. The largest absolute Gasteiger partial charge is 0.360 e. The summed E-state index contributed by atoms with van der Waals surface area (Å²) in [5.74, 6) is -0.134. The molecule has 23 heavy (non-hydrogen) atoms. The van der Waals surface area contributed by atoms with Crippen LogP contribution in [0.15, 0.2) is 53.0 Å². The molecule has 118 valence electrons. The highest BCUT2D eigenvalue weighted by Gasteiger charge is 2.16. The van der Waals surface area contributed by atoms with Gasteiger partial charge in [-0.25, -0.2) is 0 Å². The Balaban J connectivity index is 1.69. The van der Waals surface area contributed by atoms with Gasteiger partial charge < -0.3 is 15.5 Å². The lowest BCUT2D eigenvalue weighted by atomic mass is 10.2. The molecule has 2 N–H and O–H groups in total. The van der Waals surface area contributed by atoms with Gasteiger partial charge in [0, 0.05) is 28.9 Å². The Labute approximate surface area is 142 Å². The fourth-order valence-electron chi connectivity index (χ4n) is 2.46. The third-order valence-electron chi connectivity index (χ3n) is 3.65. The molecular weight excluding hydrogens is 358 g/mol. The fraction of sp³-hybridized carbons (Fsp3) is 0.176. The number of hydrogen-bond acceptors (Lipinski definition) is 3. The highest BCUT2D eigenvalue weighted by molar-refractivity contribution is 9.10. The maximum absolute atomic E-state index is 12.3. The Bertz CT molecular complexity index is 731. The summed E-state index contributed by atoms with van der Waals surface area (Å²) in [5, 5.41) is 5.67. The summed E-state index contributed by atoms with van der Waals surface area (Å²) in [6.07, 6.45) is 0. The summed E-state index contributed by atoms with van der Waals surface area (Å²) in [6.45, 7) is 1.80. The van der Waals surface area contributed by atoms with Gasteiger partial charge in [-0.2, -0.15) is 0 Å². The van der Waals surface area contributed by atoms with E-state index in [4.69, 9.17) is 0 Å². The standard InChI is InChI=1S/C17H16BrN3O2/c18-15-4-2-1-3-14(15)17(23)20-12-5-7-13(8-6-12)21-10-9-19-16(22)11-21/h1-8H,9-11H2,(H,19,22)(H,20,23). The lowest BCUT2D eigenvalue weighted by Crippen LogP contribution is -2.47. The normalized spacial score (nSPS) is 14.3. The number of anilines is 2. The zero-order valence-corrected chi connectivity index (χ0v) is 14.0. The van der Waals surface area contributed by atoms with Crippen LogP contribution in [-0.4, -0.2) is 31.4 Å². The first kappa shape index (κ1) is 15.6. The molecule has 6 heteroatoms. The first-order chi connectivity index (χ1) is 11.1. The van der Waals surface area contributed by atoms with Crippen LogP contribution in [0.1, 0.15) is 10.4 Å². The van der Waals surface area contributed by atoms with Crippen LogP contribution in [0.3, 0.4) is 0 Å². The van der Waals surface area contributed by atoms with Crippen molar-refractivity contribution in [3.05, 3.63) is 58.6 Å². The molecule has 1 fully saturated rings. The van der Waals surface area contributed by atoms with Crippen molar-refractivity contribution >= 4 is 39.1 Å². The highest BCUT2D eigenvalue weighted by atomic mass is 79.9. The van der Waals surface area contributed by atoms with E-state index in [2.05, 4.69) is 26.6 Å². The van der Waals surface area contributed by atoms with E-state index < -0.39 is 0 Å². The van der Waals surface area contributed by atoms with Crippen LogP contribution in [0.25, 0.3) is 0 Å². The predicted molar refractivity (Wildman–Crippen MR) is 93.8 cm³/mol. The predicted octanol–water partition coefficient (Wildman–Crippen LogP) is 2.64. The summed E-state index contributed by atoms with van der Waals surface area (Å²) < 4.78 is 0.758. The Morgan fingerprint density at radius 2 is 1.87 bits per heavy atom. The van der Waals surface area contributed by atoms with Crippen molar-refractivity contribution in [3.8, 4) is 0 Å². The molecule has 5 nitrogen and oxygen atoms in total. The van der Waals surface area contributed by atoms with Gasteiger partial charge in [0.25, 0.3) is 5.91 Å². The zero-order chi connectivity index (χ0) is 16.2. The summed E-state index contributed by atoms with van der Waals surface area (Å²) in [4.78, 5) is 25.7. The van der Waals surface area contributed by atoms with Crippen molar-refractivity contribution in [1.29, 1.82) is 0 Å². The van der Waals surface area contributed by atoms with Crippen LogP contribution in [-0.2, 0) is 4.79 Å². The molecule has 0 spiro atoms. The van der Waals surface area contributed by atoms with Crippen molar-refractivity contribution in [2.24, 2.45) is 0 Å². The lowest BCUT2D eigenvalue weighted by Gasteiger charge is -2.28. The van der Waals surface area contributed by atoms with Crippen LogP contribution in [0.2, 0.25) is 0 Å². The molecule has 1 saturated heterocycles. The van der Waals surface area contributed by atoms with Gasteiger partial charge in [0.1, 0.15) is 0 Å². The quantitative estimate of drug-likeness (QED) is 0.869. The summed E-state index contributed by atoms with van der Waals surface area (Å²) in [6, 6.07) is 14.8. The van der Waals surface area contributed by atoms with Crippen molar-refractivity contribution in [2.45, 2.75) is 0 Å². The Hall–Kier alpha value is -2.34. The minimum Gasteiger partial charge on any atom is -0.360 e. The van der Waals surface area contributed by atoms with Crippen molar-refractivity contribution in [1.82, 2.24) is 5.32 Å². The molecule has 2 aromatic rings. The highest BCUT2D eigenvalue weighted by Crippen LogP contribution is 2.21. The molecule has 3 rings (SSSR count). The van der Waals surface area contributed by atoms with Crippen LogP contribution >= 0.6 is 15.9 Å². The lowest BCUT2D eigenvalue weighted by molar-refractivity contribution is -0.120. The molecule has 0 aromatic heterocycles. The molecule has 2 aromatic carbocycles. The molecule has 0 aliphatic carbocycles. The summed E-state index contributed by atoms with van der Waals surface area (Å²) in [7, 11) is 0. The maximum Gasteiger partial charge on any atom is 0.256 e. The second-order valence-electron chi connectivity index (χ2n) is 5.25. The number of carbonyl (C=O) groups excluding carboxylic acids is 2. The van der Waals surface area contributed by atoms with Gasteiger partial charge >= 0.3 is 0 Å². The van der Waals surface area contributed by atoms with Gasteiger partial charge in [0.05, 0.1) is 12.1 Å². The fourth-order valence-corrected chi connectivity index (χ4v) is 2.92. The molecule has 0 bridgehead atoms. The number of benzene rings is 2. The number of amides is 2. The minimum absolute atomic E-state index is 0.0301. The average molecular weight is 374 g/mol. The van der Waals surface area contributed by atoms with E-state index in [1.54, 1.807) is 6.07 Å². The Kier molecular flexibility index (Phi) is 4.62. The van der Waals surface area contributed by atoms with E-state index >= 15 is 0 Å². The number of piperazine rings is 1. The number of carbonyl (C=O) groups is 2. The molecule has 1 aliphatic rings. The molecular formula is C17H16BrN3O2. The van der Waals surface area contributed by atoms with Crippen LogP contribution in [0.5, 0.6) is 0 Å². The molecule has 1 aliphatic heterocycles. The van der Waals surface area contributed by atoms with Gasteiger partial charge in [0.2, 0.25) is 5.91 Å². The zero-order valence-electron chi connectivity index (χ0n) is 12.4. The number of nitrogens with one attached hydrogen (secondary N) is 2. The van der Waals surface area contributed by atoms with E-state index in [-0.39, 0.29) is 11.8 Å². The maximum atomic E-state index is 12.3. The molecule has 0 unspecified atom stereocenters. The van der Waals surface area contributed by atoms with Crippen LogP contribution in [0, 0.1) is 0 Å². The second kappa shape index (κ2) is 6.83. The molecule has 1 heterocycles. The van der Waals surface area contributed by atoms with Gasteiger partial charge in [-0.05, 0) is 52.3 Å². The van der Waals surface area contributed by atoms with Crippen LogP contribution < -0.4 is 15.5 Å². The third kappa shape index (κ3) is 3.71. The number of halogens is 1. The number of rotatable bonds is 3. The number of nitrogens with zero attached hydrogens (tertiary/aromatic N) is 1. The minimum atomic E-state index is -0.164. The molecule has 0 saturated carbocycles. The van der Waals surface area contributed by atoms with Gasteiger partial charge in [-0.3, -0.25) is 9.59 Å². The average Bonchev–Trinajstić information content (AvgIpc) is 2.56. The second-order valence-corrected chi connectivity index (χ2v) is 6.11. The molecule has 2 amide bonds. The summed E-state index contributed by atoms with van der Waals surface area (Å²) >= 11 is 3.37. The first-order valence-electron chi connectivity index (χ1n) is 7.31. The molecule has 0 atom stereocenters. The van der Waals surface area contributed by atoms with E-state index in [9.17, 15) is 9.59 Å². The van der Waals surface area contributed by atoms with Crippen molar-refractivity contribution < 1.29 is 9.59 Å². The SMILES string of the molecule is O=C1CN(c2ccc(NC(=O)c3ccccc3Br)cc2)CCN1. The van der Waals surface area contributed by atoms with Gasteiger partial charge in [-0.1, -0.05) is 12.1 Å².